The van der Waals surface area contributed by atoms with E-state index >= 15 is 0 Å². The smallest absolute Gasteiger partial charge is 0.332 e. The van der Waals surface area contributed by atoms with E-state index < -0.39 is 35.8 Å². The van der Waals surface area contributed by atoms with Crippen LogP contribution in [0, 0.1) is 11.8 Å². The van der Waals surface area contributed by atoms with Crippen molar-refractivity contribution in [2.75, 3.05) is 0 Å². The average Bonchev–Trinajstić information content (AvgIpc) is 2.86. The Morgan fingerprint density at radius 1 is 0.500 bits per heavy atom. The summed E-state index contributed by atoms with van der Waals surface area (Å²) in [5.41, 5.74) is 0.0391. The number of unbranched alkanes of at least 4 members (excludes halogenated alkanes) is 4. The quantitative estimate of drug-likeness (QED) is 0.0933. The summed E-state index contributed by atoms with van der Waals surface area (Å²) in [7, 11) is 0. The predicted octanol–water partition coefficient (Wildman–Crippen LogP) is 5.09. The van der Waals surface area contributed by atoms with Crippen molar-refractivity contribution in [3.05, 3.63) is 35.5 Å². The van der Waals surface area contributed by atoms with Gasteiger partial charge in [-0.15, -0.1) is 0 Å². The summed E-state index contributed by atoms with van der Waals surface area (Å²) in [6, 6.07) is 0. The van der Waals surface area contributed by atoms with Crippen molar-refractivity contribution in [3.8, 4) is 0 Å². The Labute approximate surface area is 234 Å². The standard InChI is InChI=1S/2C12H20O4.C4H4O4/c2*1-3-5-6-7-9(4-2)10(12(15)16)8-11(13)14;5-3(6)1-2-4(7)8/h2*8-9H,3-7H2,1-2H3,(H,13,14)(H,15,16);1-2H,(H,5,6)(H,7,8)/b2*10-8-;2-1-. The van der Waals surface area contributed by atoms with Gasteiger partial charge in [0.25, 0.3) is 0 Å². The van der Waals surface area contributed by atoms with Crippen molar-refractivity contribution < 1.29 is 59.4 Å². The highest BCUT2D eigenvalue weighted by Crippen LogP contribution is 2.23. The topological polar surface area (TPSA) is 224 Å². The van der Waals surface area contributed by atoms with Crippen LogP contribution in [0.1, 0.15) is 91.9 Å². The Morgan fingerprint density at radius 2 is 0.800 bits per heavy atom. The van der Waals surface area contributed by atoms with Gasteiger partial charge in [-0.05, 0) is 37.5 Å². The van der Waals surface area contributed by atoms with Crippen LogP contribution in [0.25, 0.3) is 0 Å². The summed E-state index contributed by atoms with van der Waals surface area (Å²) in [5, 5.41) is 50.7. The van der Waals surface area contributed by atoms with Gasteiger partial charge in [0.2, 0.25) is 0 Å². The van der Waals surface area contributed by atoms with Crippen LogP contribution in [0.5, 0.6) is 0 Å². The molecule has 0 saturated carbocycles. The van der Waals surface area contributed by atoms with Gasteiger partial charge < -0.3 is 30.6 Å². The first-order valence-electron chi connectivity index (χ1n) is 13.2. The second-order valence-electron chi connectivity index (χ2n) is 8.70. The number of hydrogen-bond donors (Lipinski definition) is 6. The first-order valence-corrected chi connectivity index (χ1v) is 13.2. The highest BCUT2D eigenvalue weighted by atomic mass is 16.4. The lowest BCUT2D eigenvalue weighted by Crippen LogP contribution is -2.14. The van der Waals surface area contributed by atoms with E-state index in [9.17, 15) is 28.8 Å². The van der Waals surface area contributed by atoms with Crippen LogP contribution in [0.2, 0.25) is 0 Å². The Hall–Kier alpha value is -3.96. The molecule has 12 nitrogen and oxygen atoms in total. The molecule has 0 saturated heterocycles. The van der Waals surface area contributed by atoms with E-state index in [1.165, 1.54) is 0 Å². The minimum atomic E-state index is -1.26. The summed E-state index contributed by atoms with van der Waals surface area (Å²) in [6.07, 6.45) is 11.7. The average molecular weight is 573 g/mol. The lowest BCUT2D eigenvalue weighted by molar-refractivity contribution is -0.135. The fourth-order valence-electron chi connectivity index (χ4n) is 3.56. The first kappa shape index (κ1) is 40.5. The van der Waals surface area contributed by atoms with E-state index in [1.54, 1.807) is 0 Å². The number of carboxylic acids is 6. The van der Waals surface area contributed by atoms with E-state index in [1.807, 2.05) is 13.8 Å². The summed E-state index contributed by atoms with van der Waals surface area (Å²) >= 11 is 0. The maximum absolute atomic E-state index is 10.9. The van der Waals surface area contributed by atoms with E-state index in [2.05, 4.69) is 13.8 Å². The Bertz CT molecular complexity index is 827. The van der Waals surface area contributed by atoms with Crippen LogP contribution in [-0.4, -0.2) is 66.5 Å². The lowest BCUT2D eigenvalue weighted by Gasteiger charge is -2.14. The molecule has 0 aromatic rings. The lowest BCUT2D eigenvalue weighted by atomic mass is 9.90. The molecule has 40 heavy (non-hydrogen) atoms. The monoisotopic (exact) mass is 572 g/mol. The second kappa shape index (κ2) is 25.3. The summed E-state index contributed by atoms with van der Waals surface area (Å²) < 4.78 is 0. The number of hydrogen-bond acceptors (Lipinski definition) is 6. The molecule has 228 valence electrons. The van der Waals surface area contributed by atoms with Crippen LogP contribution in [-0.2, 0) is 28.8 Å². The van der Waals surface area contributed by atoms with Crippen LogP contribution in [0.3, 0.4) is 0 Å². The molecule has 0 aliphatic rings. The van der Waals surface area contributed by atoms with E-state index in [0.717, 1.165) is 63.5 Å². The molecule has 0 bridgehead atoms. The fourth-order valence-corrected chi connectivity index (χ4v) is 3.56. The van der Waals surface area contributed by atoms with Gasteiger partial charge in [-0.3, -0.25) is 0 Å². The molecule has 12 heteroatoms. The maximum atomic E-state index is 10.9. The molecule has 2 unspecified atom stereocenters. The number of rotatable bonds is 18. The van der Waals surface area contributed by atoms with Crippen molar-refractivity contribution in [1.29, 1.82) is 0 Å². The molecule has 0 radical (unpaired) electrons. The summed E-state index contributed by atoms with van der Waals surface area (Å²) in [4.78, 5) is 62.0. The Balaban J connectivity index is -0.000000543. The van der Waals surface area contributed by atoms with E-state index in [4.69, 9.17) is 30.6 Å². The first-order chi connectivity index (χ1) is 18.7. The molecule has 2 atom stereocenters. The molecular weight excluding hydrogens is 528 g/mol. The zero-order valence-electron chi connectivity index (χ0n) is 23.7. The molecule has 0 fully saturated rings. The van der Waals surface area contributed by atoms with Crippen LogP contribution >= 0.6 is 0 Å². The number of carboxylic acid groups (broad SMARTS) is 6. The highest BCUT2D eigenvalue weighted by Gasteiger charge is 2.20. The second-order valence-corrected chi connectivity index (χ2v) is 8.70. The molecule has 0 aliphatic heterocycles. The molecule has 0 rings (SSSR count). The van der Waals surface area contributed by atoms with Crippen LogP contribution < -0.4 is 0 Å². The van der Waals surface area contributed by atoms with Crippen molar-refractivity contribution in [1.82, 2.24) is 0 Å². The largest absolute Gasteiger partial charge is 0.478 e. The molecule has 0 amide bonds. The SMILES string of the molecule is CCCCCC(CC)/C(=C/C(=O)O)C(=O)O.CCCCCC(CC)/C(=C/C(=O)O)C(=O)O.O=C(O)/C=C\C(=O)O. The Kier molecular flexibility index (Phi) is 25.7. The minimum absolute atomic E-state index is 0.0195. The predicted molar refractivity (Wildman–Crippen MR) is 147 cm³/mol. The molecular formula is C28H44O12. The van der Waals surface area contributed by atoms with Gasteiger partial charge in [-0.25, -0.2) is 28.8 Å². The molecule has 6 N–H and O–H groups in total. The van der Waals surface area contributed by atoms with Gasteiger partial charge in [0.15, 0.2) is 0 Å². The number of carbonyl (C=O) groups is 6. The summed E-state index contributed by atoms with van der Waals surface area (Å²) in [5.74, 6) is -7.44. The molecule has 0 aromatic carbocycles. The molecule has 0 aromatic heterocycles. The third-order valence-corrected chi connectivity index (χ3v) is 5.60. The third-order valence-electron chi connectivity index (χ3n) is 5.60. The minimum Gasteiger partial charge on any atom is -0.478 e. The van der Waals surface area contributed by atoms with Crippen molar-refractivity contribution in [3.63, 3.8) is 0 Å². The molecule has 0 heterocycles. The van der Waals surface area contributed by atoms with E-state index in [0.29, 0.717) is 25.0 Å². The van der Waals surface area contributed by atoms with Crippen molar-refractivity contribution in [2.45, 2.75) is 91.9 Å². The molecule has 0 spiro atoms. The van der Waals surface area contributed by atoms with E-state index in [-0.39, 0.29) is 23.0 Å². The normalized spacial score (nSPS) is 12.7. The van der Waals surface area contributed by atoms with Crippen molar-refractivity contribution >= 4 is 35.8 Å². The zero-order chi connectivity index (χ0) is 31.7. The van der Waals surface area contributed by atoms with Gasteiger partial charge in [-0.2, -0.15) is 0 Å². The molecule has 0 aliphatic carbocycles. The van der Waals surface area contributed by atoms with Gasteiger partial charge in [0.1, 0.15) is 0 Å². The van der Waals surface area contributed by atoms with Gasteiger partial charge in [-0.1, -0.05) is 66.2 Å². The van der Waals surface area contributed by atoms with Gasteiger partial charge in [0, 0.05) is 35.5 Å². The fraction of sp³-hybridized carbons (Fsp3) is 0.571. The number of aliphatic carboxylic acids is 6. The summed E-state index contributed by atoms with van der Waals surface area (Å²) in [6.45, 7) is 7.92. The van der Waals surface area contributed by atoms with Crippen LogP contribution in [0.15, 0.2) is 35.5 Å². The zero-order valence-corrected chi connectivity index (χ0v) is 23.7. The van der Waals surface area contributed by atoms with Gasteiger partial charge >= 0.3 is 35.8 Å². The van der Waals surface area contributed by atoms with Gasteiger partial charge in [0.05, 0.1) is 0 Å². The highest BCUT2D eigenvalue weighted by molar-refractivity contribution is 5.95. The Morgan fingerprint density at radius 3 is 0.975 bits per heavy atom. The third kappa shape index (κ3) is 24.4. The maximum Gasteiger partial charge on any atom is 0.332 e. The van der Waals surface area contributed by atoms with Crippen molar-refractivity contribution in [2.24, 2.45) is 11.8 Å². The van der Waals surface area contributed by atoms with Crippen LogP contribution in [0.4, 0.5) is 0 Å².